The Hall–Kier alpha value is -0.870. The highest BCUT2D eigenvalue weighted by molar-refractivity contribution is 5.79. The number of esters is 1. The van der Waals surface area contributed by atoms with E-state index in [1.165, 1.54) is 6.92 Å². The highest BCUT2D eigenvalue weighted by Crippen LogP contribution is 2.38. The van der Waals surface area contributed by atoms with Crippen molar-refractivity contribution in [3.63, 3.8) is 0 Å². The van der Waals surface area contributed by atoms with Crippen molar-refractivity contribution in [2.75, 3.05) is 13.2 Å². The third-order valence-electron chi connectivity index (χ3n) is 4.55. The predicted octanol–water partition coefficient (Wildman–Crippen LogP) is 0.190. The lowest BCUT2D eigenvalue weighted by molar-refractivity contribution is -0.285. The van der Waals surface area contributed by atoms with Crippen LogP contribution in [0.3, 0.4) is 0 Å². The summed E-state index contributed by atoms with van der Waals surface area (Å²) in [6.07, 6.45) is -4.18. The molecular weight excluding hydrogens is 340 g/mol. The topological polar surface area (TPSA) is 122 Å². The van der Waals surface area contributed by atoms with Crippen LogP contribution < -0.4 is 5.73 Å². The second-order valence-corrected chi connectivity index (χ2v) is 6.50. The van der Waals surface area contributed by atoms with Crippen LogP contribution in [0.1, 0.15) is 39.5 Å². The van der Waals surface area contributed by atoms with Gasteiger partial charge in [0.25, 0.3) is 0 Å². The van der Waals surface area contributed by atoms with Gasteiger partial charge in [-0.2, -0.15) is 4.39 Å². The third-order valence-corrected chi connectivity index (χ3v) is 4.55. The standard InChI is InChI=1S/C16H29F2NO6/c1-3-4-5-6-7-24-15(23)16(18)14(17)11(19)9(2)13(25-16)12(22)10(21)8-20/h9-14,20-22H,3-8,19H2,1-2H3/t9?,10-,11?,12-,13?,14?,16?/m1/s1. The number of rotatable bonds is 9. The molecule has 5 unspecified atom stereocenters. The first kappa shape index (κ1) is 22.2. The van der Waals surface area contributed by atoms with Crippen molar-refractivity contribution in [1.82, 2.24) is 0 Å². The van der Waals surface area contributed by atoms with Crippen LogP contribution in [0.15, 0.2) is 0 Å². The van der Waals surface area contributed by atoms with E-state index in [-0.39, 0.29) is 6.61 Å². The molecular formula is C16H29F2NO6. The molecule has 7 nitrogen and oxygen atoms in total. The van der Waals surface area contributed by atoms with Crippen LogP contribution >= 0.6 is 0 Å². The van der Waals surface area contributed by atoms with Crippen molar-refractivity contribution in [3.05, 3.63) is 0 Å². The molecule has 0 bridgehead atoms. The van der Waals surface area contributed by atoms with Gasteiger partial charge in [0.2, 0.25) is 0 Å². The van der Waals surface area contributed by atoms with Gasteiger partial charge in [-0.3, -0.25) is 0 Å². The normalized spacial score (nSPS) is 35.2. The first-order valence-electron chi connectivity index (χ1n) is 8.61. The Kier molecular flexibility index (Phi) is 8.62. The van der Waals surface area contributed by atoms with Crippen molar-refractivity contribution in [2.45, 2.75) is 75.9 Å². The minimum atomic E-state index is -3.47. The van der Waals surface area contributed by atoms with E-state index >= 15 is 0 Å². The van der Waals surface area contributed by atoms with E-state index in [4.69, 9.17) is 20.3 Å². The van der Waals surface area contributed by atoms with E-state index in [1.807, 2.05) is 6.92 Å². The summed E-state index contributed by atoms with van der Waals surface area (Å²) in [7, 11) is 0. The van der Waals surface area contributed by atoms with Gasteiger partial charge in [0.15, 0.2) is 6.17 Å². The van der Waals surface area contributed by atoms with Gasteiger partial charge in [0.1, 0.15) is 12.2 Å². The number of nitrogens with two attached hydrogens (primary N) is 1. The van der Waals surface area contributed by atoms with Crippen molar-refractivity contribution >= 4 is 5.97 Å². The van der Waals surface area contributed by atoms with Crippen molar-refractivity contribution < 1.29 is 38.4 Å². The summed E-state index contributed by atoms with van der Waals surface area (Å²) in [5, 5.41) is 28.4. The molecule has 0 aromatic rings. The third kappa shape index (κ3) is 5.07. The van der Waals surface area contributed by atoms with Crippen molar-refractivity contribution in [3.8, 4) is 0 Å². The zero-order valence-electron chi connectivity index (χ0n) is 14.6. The first-order valence-corrected chi connectivity index (χ1v) is 8.61. The lowest BCUT2D eigenvalue weighted by atomic mass is 9.82. The van der Waals surface area contributed by atoms with Crippen LogP contribution in [0.4, 0.5) is 8.78 Å². The molecule has 1 aliphatic heterocycles. The zero-order chi connectivity index (χ0) is 19.2. The number of alkyl halides is 2. The van der Waals surface area contributed by atoms with E-state index in [1.54, 1.807) is 0 Å². The number of hydrogen-bond donors (Lipinski definition) is 4. The monoisotopic (exact) mass is 369 g/mol. The summed E-state index contributed by atoms with van der Waals surface area (Å²) in [5.41, 5.74) is 5.64. The summed E-state index contributed by atoms with van der Waals surface area (Å²) in [6, 6.07) is -1.46. The number of carbonyl (C=O) groups is 1. The molecule has 0 amide bonds. The number of aliphatic hydroxyl groups excluding tert-OH is 3. The van der Waals surface area contributed by atoms with Gasteiger partial charge in [0.05, 0.1) is 19.3 Å². The molecule has 0 radical (unpaired) electrons. The Labute approximate surface area is 146 Å². The average Bonchev–Trinajstić information content (AvgIpc) is 2.61. The number of hydrogen-bond acceptors (Lipinski definition) is 7. The fraction of sp³-hybridized carbons (Fsp3) is 0.938. The van der Waals surface area contributed by atoms with Gasteiger partial charge in [-0.1, -0.05) is 33.1 Å². The summed E-state index contributed by atoms with van der Waals surface area (Å²) < 4.78 is 38.9. The first-order chi connectivity index (χ1) is 11.7. The lowest BCUT2D eigenvalue weighted by Crippen LogP contribution is -2.67. The molecule has 1 heterocycles. The average molecular weight is 369 g/mol. The molecule has 0 aromatic heterocycles. The number of aliphatic hydroxyl groups is 3. The van der Waals surface area contributed by atoms with Crippen LogP contribution in [-0.4, -0.2) is 70.9 Å². The number of halogens is 2. The van der Waals surface area contributed by atoms with Crippen LogP contribution in [0.25, 0.3) is 0 Å². The Bertz CT molecular complexity index is 425. The van der Waals surface area contributed by atoms with Crippen LogP contribution in [0, 0.1) is 5.92 Å². The molecule has 5 N–H and O–H groups in total. The molecule has 1 fully saturated rings. The Morgan fingerprint density at radius 1 is 1.36 bits per heavy atom. The minimum Gasteiger partial charge on any atom is -0.461 e. The maximum absolute atomic E-state index is 14.9. The summed E-state index contributed by atoms with van der Waals surface area (Å²) in [6.45, 7) is 2.49. The zero-order valence-corrected chi connectivity index (χ0v) is 14.6. The van der Waals surface area contributed by atoms with Gasteiger partial charge >= 0.3 is 11.8 Å². The molecule has 1 rings (SSSR count). The Balaban J connectivity index is 2.82. The fourth-order valence-electron chi connectivity index (χ4n) is 2.76. The van der Waals surface area contributed by atoms with E-state index in [9.17, 15) is 23.8 Å². The van der Waals surface area contributed by atoms with Crippen LogP contribution in [-0.2, 0) is 14.3 Å². The van der Waals surface area contributed by atoms with Gasteiger partial charge in [0, 0.05) is 12.0 Å². The van der Waals surface area contributed by atoms with Crippen LogP contribution in [0.5, 0.6) is 0 Å². The summed E-state index contributed by atoms with van der Waals surface area (Å²) in [4.78, 5) is 12.0. The lowest BCUT2D eigenvalue weighted by Gasteiger charge is -2.45. The van der Waals surface area contributed by atoms with E-state index in [0.717, 1.165) is 19.3 Å². The SMILES string of the molecule is CCCCCCOC(=O)C1(F)OC([C@H](O)[C@H](O)CO)C(C)C(N)C1F. The highest BCUT2D eigenvalue weighted by Gasteiger charge is 2.61. The maximum Gasteiger partial charge on any atom is 0.375 e. The smallest absolute Gasteiger partial charge is 0.375 e. The predicted molar refractivity (Wildman–Crippen MR) is 84.9 cm³/mol. The molecule has 1 saturated heterocycles. The summed E-state index contributed by atoms with van der Waals surface area (Å²) in [5.74, 6) is -5.93. The second kappa shape index (κ2) is 9.72. The van der Waals surface area contributed by atoms with Crippen molar-refractivity contribution in [2.24, 2.45) is 11.7 Å². The number of unbranched alkanes of at least 4 members (excludes halogenated alkanes) is 3. The molecule has 0 spiro atoms. The molecule has 1 aliphatic rings. The van der Waals surface area contributed by atoms with Crippen molar-refractivity contribution in [1.29, 1.82) is 0 Å². The van der Waals surface area contributed by atoms with Gasteiger partial charge in [-0.05, 0) is 6.42 Å². The number of ether oxygens (including phenoxy) is 2. The van der Waals surface area contributed by atoms with Crippen LogP contribution in [0.2, 0.25) is 0 Å². The van der Waals surface area contributed by atoms with Gasteiger partial charge in [-0.15, -0.1) is 0 Å². The summed E-state index contributed by atoms with van der Waals surface area (Å²) >= 11 is 0. The largest absolute Gasteiger partial charge is 0.461 e. The molecule has 0 aromatic carbocycles. The van der Waals surface area contributed by atoms with E-state index < -0.39 is 54.9 Å². The maximum atomic E-state index is 14.9. The van der Waals surface area contributed by atoms with E-state index in [0.29, 0.717) is 6.42 Å². The molecule has 9 heteroatoms. The number of carbonyl (C=O) groups excluding carboxylic acids is 1. The molecule has 25 heavy (non-hydrogen) atoms. The highest BCUT2D eigenvalue weighted by atomic mass is 19.2. The molecule has 0 saturated carbocycles. The minimum absolute atomic E-state index is 0.0855. The molecule has 0 aliphatic carbocycles. The Morgan fingerprint density at radius 2 is 2.00 bits per heavy atom. The molecule has 7 atom stereocenters. The fourth-order valence-corrected chi connectivity index (χ4v) is 2.76. The Morgan fingerprint density at radius 3 is 2.56 bits per heavy atom. The van der Waals surface area contributed by atoms with Gasteiger partial charge in [-0.25, -0.2) is 9.18 Å². The van der Waals surface area contributed by atoms with E-state index in [2.05, 4.69) is 0 Å². The molecule has 148 valence electrons. The van der Waals surface area contributed by atoms with Gasteiger partial charge < -0.3 is 30.5 Å². The quantitative estimate of drug-likeness (QED) is 0.338. The second-order valence-electron chi connectivity index (χ2n) is 6.50.